The third-order valence-corrected chi connectivity index (χ3v) is 3.88. The molecule has 0 atom stereocenters. The third-order valence-electron chi connectivity index (χ3n) is 3.88. The molecule has 0 aromatic carbocycles. The number of nitrogens with zero attached hydrogens (tertiary/aromatic N) is 1. The van der Waals surface area contributed by atoms with E-state index in [4.69, 9.17) is 4.42 Å². The monoisotopic (exact) mass is 280 g/mol. The van der Waals surface area contributed by atoms with E-state index in [1.165, 1.54) is 6.26 Å². The summed E-state index contributed by atoms with van der Waals surface area (Å²) in [4.78, 5) is 27.6. The molecule has 0 aliphatic heterocycles. The molecule has 1 saturated carbocycles. The Morgan fingerprint density at radius 3 is 2.50 bits per heavy atom. The molecular formula is C14H20N2O4. The topological polar surface area (TPSA) is 92.4 Å². The molecule has 1 aliphatic rings. The van der Waals surface area contributed by atoms with Gasteiger partial charge in [0.05, 0.1) is 11.1 Å². The van der Waals surface area contributed by atoms with Crippen molar-refractivity contribution in [2.75, 3.05) is 5.32 Å². The minimum absolute atomic E-state index is 0.0240. The highest BCUT2D eigenvalue weighted by molar-refractivity contribution is 5.92. The first kappa shape index (κ1) is 14.6. The van der Waals surface area contributed by atoms with Gasteiger partial charge in [-0.2, -0.15) is 4.98 Å². The molecule has 1 aromatic rings. The smallest absolute Gasteiger partial charge is 0.310 e. The van der Waals surface area contributed by atoms with Crippen LogP contribution in [0.2, 0.25) is 0 Å². The number of carboxylic acid groups (broad SMARTS) is 1. The van der Waals surface area contributed by atoms with Crippen molar-refractivity contribution in [1.29, 1.82) is 0 Å². The van der Waals surface area contributed by atoms with Crippen molar-refractivity contribution in [3.05, 3.63) is 12.0 Å². The number of hydrogen-bond donors (Lipinski definition) is 2. The summed E-state index contributed by atoms with van der Waals surface area (Å²) in [5.41, 5.74) is -0.273. The quantitative estimate of drug-likeness (QED) is 0.827. The number of anilines is 1. The van der Waals surface area contributed by atoms with Gasteiger partial charge < -0.3 is 9.52 Å². The van der Waals surface area contributed by atoms with E-state index in [0.717, 1.165) is 25.7 Å². The number of aliphatic carboxylic acids is 1. The van der Waals surface area contributed by atoms with Crippen molar-refractivity contribution < 1.29 is 19.1 Å². The summed E-state index contributed by atoms with van der Waals surface area (Å²) in [6.07, 6.45) is 6.32. The van der Waals surface area contributed by atoms with Gasteiger partial charge in [0.2, 0.25) is 5.91 Å². The van der Waals surface area contributed by atoms with Crippen LogP contribution in [0.5, 0.6) is 0 Å². The summed E-state index contributed by atoms with van der Waals surface area (Å²) in [6.45, 7) is 1.75. The summed E-state index contributed by atoms with van der Waals surface area (Å²) >= 11 is 0. The summed E-state index contributed by atoms with van der Waals surface area (Å²) < 4.78 is 5.05. The Kier molecular flexibility index (Phi) is 4.42. The molecule has 2 rings (SSSR count). The zero-order chi connectivity index (χ0) is 14.6. The number of aromatic nitrogens is 1. The van der Waals surface area contributed by atoms with E-state index in [-0.39, 0.29) is 18.3 Å². The number of carbonyl (C=O) groups is 2. The van der Waals surface area contributed by atoms with Crippen LogP contribution in [-0.2, 0) is 9.59 Å². The molecule has 1 heterocycles. The van der Waals surface area contributed by atoms with E-state index in [2.05, 4.69) is 10.3 Å². The lowest BCUT2D eigenvalue weighted by molar-refractivity contribution is -0.152. The number of carbonyl (C=O) groups excluding carboxylic acids is 1. The Balaban J connectivity index is 2.03. The van der Waals surface area contributed by atoms with E-state index < -0.39 is 11.4 Å². The average Bonchev–Trinajstić information content (AvgIpc) is 2.64. The molecule has 1 fully saturated rings. The number of nitrogens with one attached hydrogen (secondary N) is 1. The maximum atomic E-state index is 12.0. The predicted molar refractivity (Wildman–Crippen MR) is 72.3 cm³/mol. The molecule has 0 saturated heterocycles. The molecule has 20 heavy (non-hydrogen) atoms. The normalized spacial score (nSPS) is 18.2. The van der Waals surface area contributed by atoms with E-state index in [1.807, 2.05) is 0 Å². The van der Waals surface area contributed by atoms with E-state index in [1.54, 1.807) is 6.92 Å². The molecule has 6 nitrogen and oxygen atoms in total. The van der Waals surface area contributed by atoms with Gasteiger partial charge in [-0.3, -0.25) is 14.9 Å². The highest BCUT2D eigenvalue weighted by atomic mass is 16.4. The maximum Gasteiger partial charge on any atom is 0.310 e. The summed E-state index contributed by atoms with van der Waals surface area (Å²) in [5.74, 6) is -1.23. The van der Waals surface area contributed by atoms with Gasteiger partial charge in [-0.25, -0.2) is 0 Å². The van der Waals surface area contributed by atoms with Crippen LogP contribution >= 0.6 is 0 Å². The largest absolute Gasteiger partial charge is 0.481 e. The van der Waals surface area contributed by atoms with Crippen molar-refractivity contribution >= 4 is 17.9 Å². The van der Waals surface area contributed by atoms with E-state index in [0.29, 0.717) is 18.5 Å². The van der Waals surface area contributed by atoms with Gasteiger partial charge in [0.1, 0.15) is 6.26 Å². The fourth-order valence-corrected chi connectivity index (χ4v) is 2.75. The predicted octanol–water partition coefficient (Wildman–Crippen LogP) is 2.74. The fourth-order valence-electron chi connectivity index (χ4n) is 2.75. The van der Waals surface area contributed by atoms with Gasteiger partial charge in [-0.15, -0.1) is 0 Å². The van der Waals surface area contributed by atoms with Gasteiger partial charge >= 0.3 is 12.0 Å². The second-order valence-electron chi connectivity index (χ2n) is 5.52. The fraction of sp³-hybridized carbons (Fsp3) is 0.643. The number of hydrogen-bond acceptors (Lipinski definition) is 4. The van der Waals surface area contributed by atoms with Gasteiger partial charge in [0, 0.05) is 6.42 Å². The number of oxazole rings is 1. The van der Waals surface area contributed by atoms with Crippen LogP contribution in [0.1, 0.15) is 50.6 Å². The summed E-state index contributed by atoms with van der Waals surface area (Å²) in [6, 6.07) is 0.127. The number of carboxylic acids is 1. The lowest BCUT2D eigenvalue weighted by atomic mass is 9.77. The molecule has 2 N–H and O–H groups in total. The Hall–Kier alpha value is -1.85. The molecule has 110 valence electrons. The number of rotatable bonds is 4. The zero-order valence-electron chi connectivity index (χ0n) is 11.6. The lowest BCUT2D eigenvalue weighted by Gasteiger charge is -2.26. The van der Waals surface area contributed by atoms with Gasteiger partial charge in [-0.1, -0.05) is 25.7 Å². The second-order valence-corrected chi connectivity index (χ2v) is 5.52. The van der Waals surface area contributed by atoms with E-state index >= 15 is 0 Å². The van der Waals surface area contributed by atoms with Crippen LogP contribution in [0, 0.1) is 12.3 Å². The minimum Gasteiger partial charge on any atom is -0.481 e. The van der Waals surface area contributed by atoms with Gasteiger partial charge in [-0.05, 0) is 19.8 Å². The molecule has 0 radical (unpaired) electrons. The highest BCUT2D eigenvalue weighted by Gasteiger charge is 2.40. The van der Waals surface area contributed by atoms with Gasteiger partial charge in [0.15, 0.2) is 0 Å². The summed E-state index contributed by atoms with van der Waals surface area (Å²) in [7, 11) is 0. The molecule has 1 amide bonds. The van der Waals surface area contributed by atoms with Crippen molar-refractivity contribution in [2.24, 2.45) is 5.41 Å². The standard InChI is InChI=1S/C14H20N2O4/c1-10-9-20-13(15-10)16-11(17)8-14(12(18)19)6-4-2-3-5-7-14/h9H,2-8H2,1H3,(H,18,19)(H,15,16,17). The lowest BCUT2D eigenvalue weighted by Crippen LogP contribution is -2.35. The molecular weight excluding hydrogens is 260 g/mol. The Labute approximate surface area is 117 Å². The van der Waals surface area contributed by atoms with Crippen LogP contribution in [0.3, 0.4) is 0 Å². The molecule has 1 aromatic heterocycles. The first-order valence-corrected chi connectivity index (χ1v) is 6.97. The summed E-state index contributed by atoms with van der Waals surface area (Å²) in [5, 5.41) is 12.0. The van der Waals surface area contributed by atoms with Crippen molar-refractivity contribution in [2.45, 2.75) is 51.9 Å². The van der Waals surface area contributed by atoms with Crippen molar-refractivity contribution in [3.8, 4) is 0 Å². The minimum atomic E-state index is -0.942. The first-order valence-electron chi connectivity index (χ1n) is 6.97. The maximum absolute atomic E-state index is 12.0. The molecule has 0 unspecified atom stereocenters. The van der Waals surface area contributed by atoms with Crippen molar-refractivity contribution in [3.63, 3.8) is 0 Å². The Morgan fingerprint density at radius 1 is 1.35 bits per heavy atom. The van der Waals surface area contributed by atoms with Crippen LogP contribution in [0.4, 0.5) is 6.01 Å². The van der Waals surface area contributed by atoms with Crippen LogP contribution in [0.15, 0.2) is 10.7 Å². The molecule has 0 spiro atoms. The van der Waals surface area contributed by atoms with Crippen LogP contribution in [0.25, 0.3) is 0 Å². The van der Waals surface area contributed by atoms with Crippen molar-refractivity contribution in [1.82, 2.24) is 4.98 Å². The van der Waals surface area contributed by atoms with Crippen LogP contribution < -0.4 is 5.32 Å². The van der Waals surface area contributed by atoms with Gasteiger partial charge in [0.25, 0.3) is 0 Å². The van der Waals surface area contributed by atoms with Crippen LogP contribution in [-0.4, -0.2) is 22.0 Å². The average molecular weight is 280 g/mol. The molecule has 6 heteroatoms. The first-order chi connectivity index (χ1) is 9.52. The van der Waals surface area contributed by atoms with E-state index in [9.17, 15) is 14.7 Å². The number of amides is 1. The second kappa shape index (κ2) is 6.07. The number of aryl methyl sites for hydroxylation is 1. The Bertz CT molecular complexity index is 487. The third kappa shape index (κ3) is 3.37. The Morgan fingerprint density at radius 2 is 2.00 bits per heavy atom. The SMILES string of the molecule is Cc1coc(NC(=O)CC2(C(=O)O)CCCCCC2)n1. The molecule has 0 bridgehead atoms. The highest BCUT2D eigenvalue weighted by Crippen LogP contribution is 2.38. The molecule has 1 aliphatic carbocycles. The zero-order valence-corrected chi connectivity index (χ0v) is 11.6.